The molecule has 0 fully saturated rings. The highest BCUT2D eigenvalue weighted by atomic mass is 19.1. The lowest BCUT2D eigenvalue weighted by molar-refractivity contribution is 0.122. The molecular formula is C16H21FN4O3. The van der Waals surface area contributed by atoms with Crippen LogP contribution in [0.5, 0.6) is 0 Å². The predicted molar refractivity (Wildman–Crippen MR) is 84.6 cm³/mol. The van der Waals surface area contributed by atoms with Gasteiger partial charge in [-0.2, -0.15) is 4.98 Å². The second kappa shape index (κ2) is 7.37. The molecule has 7 nitrogen and oxygen atoms in total. The Morgan fingerprint density at radius 2 is 2.17 bits per heavy atom. The van der Waals surface area contributed by atoms with E-state index < -0.39 is 11.9 Å². The summed E-state index contributed by atoms with van der Waals surface area (Å²) < 4.78 is 23.1. The van der Waals surface area contributed by atoms with Crippen LogP contribution in [0.15, 0.2) is 22.9 Å². The van der Waals surface area contributed by atoms with Crippen LogP contribution >= 0.6 is 0 Å². The van der Waals surface area contributed by atoms with Crippen molar-refractivity contribution in [3.8, 4) is 11.6 Å². The van der Waals surface area contributed by atoms with E-state index in [0.717, 1.165) is 6.20 Å². The van der Waals surface area contributed by atoms with E-state index in [1.165, 1.54) is 12.1 Å². The molecule has 0 aliphatic rings. The van der Waals surface area contributed by atoms with Crippen molar-refractivity contribution in [2.75, 3.05) is 6.61 Å². The fraction of sp³-hybridized carbons (Fsp3) is 0.500. The molecule has 2 rings (SSSR count). The quantitative estimate of drug-likeness (QED) is 0.903. The molecule has 2 heterocycles. The van der Waals surface area contributed by atoms with Gasteiger partial charge in [0, 0.05) is 12.0 Å². The lowest BCUT2D eigenvalue weighted by Crippen LogP contribution is -2.41. The first kappa shape index (κ1) is 17.8. The van der Waals surface area contributed by atoms with Crippen LogP contribution in [0.3, 0.4) is 0 Å². The number of carbonyl (C=O) groups excluding carboxylic acids is 1. The van der Waals surface area contributed by atoms with Crippen LogP contribution in [0.1, 0.15) is 33.5 Å². The van der Waals surface area contributed by atoms with E-state index in [4.69, 9.17) is 9.26 Å². The van der Waals surface area contributed by atoms with Crippen LogP contribution in [0.25, 0.3) is 11.6 Å². The van der Waals surface area contributed by atoms with Crippen LogP contribution in [-0.4, -0.2) is 33.4 Å². The maximum Gasteiger partial charge on any atom is 0.407 e. The molecule has 0 unspecified atom stereocenters. The topological polar surface area (TPSA) is 90.1 Å². The molecule has 0 aliphatic carbocycles. The molecule has 0 radical (unpaired) electrons. The molecule has 1 atom stereocenters. The van der Waals surface area contributed by atoms with E-state index in [-0.39, 0.29) is 24.0 Å². The second-order valence-electron chi connectivity index (χ2n) is 6.66. The number of pyridine rings is 1. The van der Waals surface area contributed by atoms with Gasteiger partial charge in [-0.25, -0.2) is 14.2 Å². The molecule has 0 saturated carbocycles. The number of rotatable bonds is 5. The SMILES string of the molecule is C[C@H](COC(=O)NC(C)(C)C)Cc1noc(-c2ccc(F)cn2)n1. The van der Waals surface area contributed by atoms with Crippen molar-refractivity contribution in [3.05, 3.63) is 30.0 Å². The number of amides is 1. The van der Waals surface area contributed by atoms with Gasteiger partial charge in [0.05, 0.1) is 12.8 Å². The Bertz CT molecular complexity index is 679. The van der Waals surface area contributed by atoms with Crippen molar-refractivity contribution >= 4 is 6.09 Å². The van der Waals surface area contributed by atoms with Gasteiger partial charge in [0.1, 0.15) is 11.5 Å². The monoisotopic (exact) mass is 336 g/mol. The molecule has 8 heteroatoms. The van der Waals surface area contributed by atoms with E-state index >= 15 is 0 Å². The largest absolute Gasteiger partial charge is 0.449 e. The summed E-state index contributed by atoms with van der Waals surface area (Å²) in [6, 6.07) is 2.74. The third-order valence-electron chi connectivity index (χ3n) is 2.92. The normalized spacial score (nSPS) is 12.7. The Labute approximate surface area is 139 Å². The number of hydrogen-bond donors (Lipinski definition) is 1. The van der Waals surface area contributed by atoms with Gasteiger partial charge in [-0.1, -0.05) is 12.1 Å². The molecular weight excluding hydrogens is 315 g/mol. The number of hydrogen-bond acceptors (Lipinski definition) is 6. The van der Waals surface area contributed by atoms with Crippen molar-refractivity contribution in [1.29, 1.82) is 0 Å². The fourth-order valence-corrected chi connectivity index (χ4v) is 1.87. The number of halogens is 1. The Morgan fingerprint density at radius 1 is 1.42 bits per heavy atom. The third kappa shape index (κ3) is 5.60. The van der Waals surface area contributed by atoms with Gasteiger partial charge in [0.25, 0.3) is 5.89 Å². The van der Waals surface area contributed by atoms with E-state index in [1.54, 1.807) is 0 Å². The van der Waals surface area contributed by atoms with Crippen LogP contribution in [0, 0.1) is 11.7 Å². The first-order valence-corrected chi connectivity index (χ1v) is 7.62. The van der Waals surface area contributed by atoms with Gasteiger partial charge in [-0.3, -0.25) is 0 Å². The van der Waals surface area contributed by atoms with Gasteiger partial charge < -0.3 is 14.6 Å². The summed E-state index contributed by atoms with van der Waals surface area (Å²) in [6.45, 7) is 7.78. The average Bonchev–Trinajstić information content (AvgIpc) is 2.92. The van der Waals surface area contributed by atoms with E-state index in [9.17, 15) is 9.18 Å². The number of aromatic nitrogens is 3. The van der Waals surface area contributed by atoms with E-state index in [1.807, 2.05) is 27.7 Å². The number of ether oxygens (including phenoxy) is 1. The Kier molecular flexibility index (Phi) is 5.48. The minimum atomic E-state index is -0.460. The summed E-state index contributed by atoms with van der Waals surface area (Å²) >= 11 is 0. The van der Waals surface area contributed by atoms with Gasteiger partial charge in [0.2, 0.25) is 0 Å². The summed E-state index contributed by atoms with van der Waals surface area (Å²) in [5, 5.41) is 6.58. The highest BCUT2D eigenvalue weighted by molar-refractivity contribution is 5.68. The molecule has 24 heavy (non-hydrogen) atoms. The van der Waals surface area contributed by atoms with Gasteiger partial charge in [0.15, 0.2) is 5.82 Å². The molecule has 2 aromatic heterocycles. The second-order valence-corrected chi connectivity index (χ2v) is 6.66. The van der Waals surface area contributed by atoms with Crippen molar-refractivity contribution in [1.82, 2.24) is 20.4 Å². The van der Waals surface area contributed by atoms with Crippen LogP contribution < -0.4 is 5.32 Å². The smallest absolute Gasteiger partial charge is 0.407 e. The number of nitrogens with one attached hydrogen (secondary N) is 1. The van der Waals surface area contributed by atoms with Crippen LogP contribution in [-0.2, 0) is 11.2 Å². The molecule has 0 saturated heterocycles. The maximum atomic E-state index is 12.9. The highest BCUT2D eigenvalue weighted by Gasteiger charge is 2.17. The molecule has 1 amide bonds. The predicted octanol–water partition coefficient (Wildman–Crippen LogP) is 2.97. The van der Waals surface area contributed by atoms with Gasteiger partial charge in [-0.15, -0.1) is 0 Å². The fourth-order valence-electron chi connectivity index (χ4n) is 1.87. The molecule has 0 aliphatic heterocycles. The zero-order chi connectivity index (χ0) is 17.7. The zero-order valence-corrected chi connectivity index (χ0v) is 14.2. The molecule has 0 bridgehead atoms. The lowest BCUT2D eigenvalue weighted by Gasteiger charge is -2.20. The van der Waals surface area contributed by atoms with Crippen LogP contribution in [0.4, 0.5) is 9.18 Å². The minimum Gasteiger partial charge on any atom is -0.449 e. The summed E-state index contributed by atoms with van der Waals surface area (Å²) in [6.07, 6.45) is 1.11. The Balaban J connectivity index is 1.85. The number of alkyl carbamates (subject to hydrolysis) is 1. The van der Waals surface area contributed by atoms with Crippen molar-refractivity contribution in [2.45, 2.75) is 39.7 Å². The molecule has 0 aromatic carbocycles. The molecule has 2 aromatic rings. The third-order valence-corrected chi connectivity index (χ3v) is 2.92. The van der Waals surface area contributed by atoms with Crippen molar-refractivity contribution in [3.63, 3.8) is 0 Å². The van der Waals surface area contributed by atoms with E-state index in [2.05, 4.69) is 20.4 Å². The van der Waals surface area contributed by atoms with Crippen molar-refractivity contribution < 1.29 is 18.4 Å². The summed E-state index contributed by atoms with van der Waals surface area (Å²) in [7, 11) is 0. The van der Waals surface area contributed by atoms with Crippen LogP contribution in [0.2, 0.25) is 0 Å². The molecule has 0 spiro atoms. The minimum absolute atomic E-state index is 0.0161. The maximum absolute atomic E-state index is 12.9. The summed E-state index contributed by atoms with van der Waals surface area (Å²) in [4.78, 5) is 19.7. The summed E-state index contributed by atoms with van der Waals surface area (Å²) in [5.41, 5.74) is 0.0639. The average molecular weight is 336 g/mol. The first-order valence-electron chi connectivity index (χ1n) is 7.62. The standard InChI is InChI=1S/C16H21FN4O3/c1-10(9-23-15(22)20-16(2,3)4)7-13-19-14(24-21-13)12-6-5-11(17)8-18-12/h5-6,8,10H,7,9H2,1-4H3,(H,20,22)/t10-/m0/s1. The Morgan fingerprint density at radius 3 is 2.79 bits per heavy atom. The highest BCUT2D eigenvalue weighted by Crippen LogP contribution is 2.16. The first-order chi connectivity index (χ1) is 11.2. The number of nitrogens with zero attached hydrogens (tertiary/aromatic N) is 3. The molecule has 1 N–H and O–H groups in total. The van der Waals surface area contributed by atoms with Gasteiger partial charge in [-0.05, 0) is 38.8 Å². The van der Waals surface area contributed by atoms with E-state index in [0.29, 0.717) is 17.9 Å². The lowest BCUT2D eigenvalue weighted by atomic mass is 10.1. The Hall–Kier alpha value is -2.51. The number of carbonyl (C=O) groups is 1. The summed E-state index contributed by atoms with van der Waals surface area (Å²) in [5.74, 6) is 0.284. The van der Waals surface area contributed by atoms with Crippen molar-refractivity contribution in [2.24, 2.45) is 5.92 Å². The zero-order valence-electron chi connectivity index (χ0n) is 14.2. The van der Waals surface area contributed by atoms with Gasteiger partial charge >= 0.3 is 6.09 Å². The molecule has 130 valence electrons.